The maximum atomic E-state index is 11.8. The molecule has 0 heterocycles. The molecule has 0 aromatic carbocycles. The molecule has 2 amide bonds. The summed E-state index contributed by atoms with van der Waals surface area (Å²) in [5, 5.41) is 0. The molecule has 0 aliphatic carbocycles. The number of carbonyl (C=O) groups is 2. The van der Waals surface area contributed by atoms with Gasteiger partial charge in [-0.15, -0.1) is 0 Å². The Balaban J connectivity index is 4.26. The van der Waals surface area contributed by atoms with Crippen molar-refractivity contribution in [2.75, 3.05) is 19.7 Å². The zero-order valence-corrected chi connectivity index (χ0v) is 11.3. The van der Waals surface area contributed by atoms with Crippen molar-refractivity contribution in [1.29, 1.82) is 0 Å². The van der Waals surface area contributed by atoms with Crippen molar-refractivity contribution < 1.29 is 14.3 Å². The van der Waals surface area contributed by atoms with Crippen LogP contribution in [-0.4, -0.2) is 42.0 Å². The predicted molar refractivity (Wildman–Crippen MR) is 66.4 cm³/mol. The number of rotatable bonds is 7. The molecule has 0 aromatic heterocycles. The van der Waals surface area contributed by atoms with Gasteiger partial charge < -0.3 is 15.4 Å². The number of nitrogens with zero attached hydrogens (tertiary/aromatic N) is 1. The first-order valence-electron chi connectivity index (χ1n) is 5.96. The van der Waals surface area contributed by atoms with Crippen molar-refractivity contribution in [3.05, 3.63) is 0 Å². The van der Waals surface area contributed by atoms with Crippen LogP contribution in [0.25, 0.3) is 0 Å². The zero-order chi connectivity index (χ0) is 13.5. The van der Waals surface area contributed by atoms with Crippen molar-refractivity contribution in [3.63, 3.8) is 0 Å². The third kappa shape index (κ3) is 8.68. The highest BCUT2D eigenvalue weighted by molar-refractivity contribution is 5.84. The number of hydrogen-bond donors (Lipinski definition) is 1. The molecule has 0 rings (SSSR count). The van der Waals surface area contributed by atoms with E-state index >= 15 is 0 Å². The summed E-state index contributed by atoms with van der Waals surface area (Å²) in [6.45, 7) is 8.16. The van der Waals surface area contributed by atoms with E-state index in [4.69, 9.17) is 10.5 Å². The molecule has 0 fully saturated rings. The molecule has 0 unspecified atom stereocenters. The molecule has 0 radical (unpaired) electrons. The first kappa shape index (κ1) is 15.9. The first-order valence-corrected chi connectivity index (χ1v) is 5.96. The first-order chi connectivity index (χ1) is 7.76. The fourth-order valence-corrected chi connectivity index (χ4v) is 1.20. The molecule has 17 heavy (non-hydrogen) atoms. The van der Waals surface area contributed by atoms with Crippen LogP contribution in [0, 0.1) is 0 Å². The summed E-state index contributed by atoms with van der Waals surface area (Å²) in [7, 11) is 0. The lowest BCUT2D eigenvalue weighted by molar-refractivity contribution is -0.143. The van der Waals surface area contributed by atoms with E-state index in [1.54, 1.807) is 0 Å². The number of hydrogen-bond acceptors (Lipinski definition) is 3. The molecule has 0 bridgehead atoms. The van der Waals surface area contributed by atoms with Crippen LogP contribution in [0.2, 0.25) is 0 Å². The Labute approximate surface area is 103 Å². The van der Waals surface area contributed by atoms with E-state index in [0.29, 0.717) is 6.54 Å². The Morgan fingerprint density at radius 2 is 1.88 bits per heavy atom. The number of amides is 2. The molecule has 0 aromatic rings. The van der Waals surface area contributed by atoms with Crippen molar-refractivity contribution in [3.8, 4) is 0 Å². The van der Waals surface area contributed by atoms with Gasteiger partial charge in [-0.1, -0.05) is 13.3 Å². The van der Waals surface area contributed by atoms with Gasteiger partial charge in [0.25, 0.3) is 0 Å². The van der Waals surface area contributed by atoms with Crippen LogP contribution in [0.4, 0.5) is 0 Å². The Kier molecular flexibility index (Phi) is 6.80. The number of unbranched alkanes of at least 4 members (excludes halogenated alkanes) is 1. The van der Waals surface area contributed by atoms with Crippen LogP contribution >= 0.6 is 0 Å². The summed E-state index contributed by atoms with van der Waals surface area (Å²) in [5.74, 6) is -0.683. The standard InChI is InChI=1S/C12H24N2O3/c1-5-6-7-14(8-10(13)15)11(16)9-17-12(2,3)4/h5-9H2,1-4H3,(H2,13,15). The molecular formula is C12H24N2O3. The molecule has 0 saturated heterocycles. The van der Waals surface area contributed by atoms with Gasteiger partial charge in [-0.2, -0.15) is 0 Å². The van der Waals surface area contributed by atoms with E-state index in [2.05, 4.69) is 0 Å². The monoisotopic (exact) mass is 244 g/mol. The lowest BCUT2D eigenvalue weighted by Gasteiger charge is -2.24. The van der Waals surface area contributed by atoms with E-state index in [0.717, 1.165) is 12.8 Å². The fourth-order valence-electron chi connectivity index (χ4n) is 1.20. The quantitative estimate of drug-likeness (QED) is 0.723. The van der Waals surface area contributed by atoms with E-state index in [-0.39, 0.29) is 24.7 Å². The Hall–Kier alpha value is -1.10. The molecule has 0 spiro atoms. The summed E-state index contributed by atoms with van der Waals surface area (Å²) < 4.78 is 5.39. The normalized spacial score (nSPS) is 11.3. The van der Waals surface area contributed by atoms with Crippen LogP contribution in [-0.2, 0) is 14.3 Å². The van der Waals surface area contributed by atoms with Gasteiger partial charge in [0.05, 0.1) is 12.1 Å². The van der Waals surface area contributed by atoms with Crippen LogP contribution in [0.1, 0.15) is 40.5 Å². The second-order valence-electron chi connectivity index (χ2n) is 5.04. The minimum Gasteiger partial charge on any atom is -0.368 e. The maximum Gasteiger partial charge on any atom is 0.249 e. The van der Waals surface area contributed by atoms with Crippen molar-refractivity contribution >= 4 is 11.8 Å². The Morgan fingerprint density at radius 1 is 1.29 bits per heavy atom. The highest BCUT2D eigenvalue weighted by Gasteiger charge is 2.18. The van der Waals surface area contributed by atoms with Gasteiger partial charge >= 0.3 is 0 Å². The summed E-state index contributed by atoms with van der Waals surface area (Å²) in [6.07, 6.45) is 1.82. The van der Waals surface area contributed by atoms with Crippen LogP contribution in [0.3, 0.4) is 0 Å². The van der Waals surface area contributed by atoms with Crippen LogP contribution in [0.15, 0.2) is 0 Å². The van der Waals surface area contributed by atoms with Crippen molar-refractivity contribution in [2.45, 2.75) is 46.1 Å². The van der Waals surface area contributed by atoms with Gasteiger partial charge in [0, 0.05) is 6.54 Å². The summed E-state index contributed by atoms with van der Waals surface area (Å²) in [5.41, 5.74) is 4.75. The van der Waals surface area contributed by atoms with Crippen molar-refractivity contribution in [2.24, 2.45) is 5.73 Å². The van der Waals surface area contributed by atoms with Crippen molar-refractivity contribution in [1.82, 2.24) is 4.90 Å². The van der Waals surface area contributed by atoms with Gasteiger partial charge in [-0.25, -0.2) is 0 Å². The van der Waals surface area contributed by atoms with Gasteiger partial charge in [0.1, 0.15) is 6.61 Å². The van der Waals surface area contributed by atoms with Gasteiger partial charge in [-0.05, 0) is 27.2 Å². The molecular weight excluding hydrogens is 220 g/mol. The fraction of sp³-hybridized carbons (Fsp3) is 0.833. The van der Waals surface area contributed by atoms with E-state index in [1.165, 1.54) is 4.90 Å². The summed E-state index contributed by atoms with van der Waals surface area (Å²) >= 11 is 0. The van der Waals surface area contributed by atoms with Gasteiger partial charge in [0.15, 0.2) is 0 Å². The summed E-state index contributed by atoms with van der Waals surface area (Å²) in [4.78, 5) is 24.1. The molecule has 0 aliphatic rings. The maximum absolute atomic E-state index is 11.8. The Bertz CT molecular complexity index is 259. The van der Waals surface area contributed by atoms with E-state index in [1.807, 2.05) is 27.7 Å². The predicted octanol–water partition coefficient (Wildman–Crippen LogP) is 0.915. The number of carbonyl (C=O) groups excluding carboxylic acids is 2. The smallest absolute Gasteiger partial charge is 0.249 e. The summed E-state index contributed by atoms with van der Waals surface area (Å²) in [6, 6.07) is 0. The zero-order valence-electron chi connectivity index (χ0n) is 11.3. The lowest BCUT2D eigenvalue weighted by atomic mass is 10.2. The molecule has 5 nitrogen and oxygen atoms in total. The Morgan fingerprint density at radius 3 is 2.29 bits per heavy atom. The molecule has 0 atom stereocenters. The average Bonchev–Trinajstić information content (AvgIpc) is 2.19. The van der Waals surface area contributed by atoms with Gasteiger partial charge in [0.2, 0.25) is 11.8 Å². The largest absolute Gasteiger partial charge is 0.368 e. The number of ether oxygens (including phenoxy) is 1. The minimum atomic E-state index is -0.495. The second-order valence-corrected chi connectivity index (χ2v) is 5.04. The highest BCUT2D eigenvalue weighted by Crippen LogP contribution is 2.07. The third-order valence-electron chi connectivity index (χ3n) is 2.11. The second kappa shape index (κ2) is 7.27. The van der Waals surface area contributed by atoms with Crippen LogP contribution in [0.5, 0.6) is 0 Å². The minimum absolute atomic E-state index is 0.0134. The third-order valence-corrected chi connectivity index (χ3v) is 2.11. The average molecular weight is 244 g/mol. The molecule has 0 saturated carbocycles. The molecule has 0 aliphatic heterocycles. The topological polar surface area (TPSA) is 72.6 Å². The number of nitrogens with two attached hydrogens (primary N) is 1. The van der Waals surface area contributed by atoms with Crippen LogP contribution < -0.4 is 5.73 Å². The van der Waals surface area contributed by atoms with E-state index < -0.39 is 5.91 Å². The van der Waals surface area contributed by atoms with Gasteiger partial charge in [-0.3, -0.25) is 9.59 Å². The van der Waals surface area contributed by atoms with E-state index in [9.17, 15) is 9.59 Å². The molecule has 100 valence electrons. The molecule has 5 heteroatoms. The lowest BCUT2D eigenvalue weighted by Crippen LogP contribution is -2.42. The number of primary amides is 1. The molecule has 2 N–H and O–H groups in total. The highest BCUT2D eigenvalue weighted by atomic mass is 16.5. The SMILES string of the molecule is CCCCN(CC(N)=O)C(=O)COC(C)(C)C.